The number of para-hydroxylation sites is 1. The highest BCUT2D eigenvalue weighted by atomic mass is 35.5. The standard InChI is InChI=1S/C31H34ClN3O2/c1-23-9-11-24(12-10-23)21-35-22-29(27-7-2-3-8-30(27)35)28(25-5-4-6-26(32)19-25)20-31(36)33-13-14-34-15-17-37-18-16-34/h2-12,19,22,28H,13-18,20-21H2,1H3,(H,33,36). The maximum atomic E-state index is 13.2. The van der Waals surface area contributed by atoms with Gasteiger partial charge in [-0.1, -0.05) is 71.8 Å². The van der Waals surface area contributed by atoms with Crippen molar-refractivity contribution in [1.29, 1.82) is 0 Å². The van der Waals surface area contributed by atoms with Crippen LogP contribution in [-0.2, 0) is 16.1 Å². The highest BCUT2D eigenvalue weighted by molar-refractivity contribution is 6.30. The van der Waals surface area contributed by atoms with Gasteiger partial charge in [0.05, 0.1) is 13.2 Å². The van der Waals surface area contributed by atoms with Crippen LogP contribution in [-0.4, -0.2) is 54.8 Å². The van der Waals surface area contributed by atoms with E-state index in [4.69, 9.17) is 16.3 Å². The molecular formula is C31H34ClN3O2. The van der Waals surface area contributed by atoms with E-state index in [9.17, 15) is 4.79 Å². The van der Waals surface area contributed by atoms with Gasteiger partial charge >= 0.3 is 0 Å². The van der Waals surface area contributed by atoms with Gasteiger partial charge in [0, 0.05) is 67.2 Å². The lowest BCUT2D eigenvalue weighted by atomic mass is 9.88. The fourth-order valence-electron chi connectivity index (χ4n) is 5.14. The van der Waals surface area contributed by atoms with E-state index in [1.807, 2.05) is 18.2 Å². The number of nitrogens with one attached hydrogen (secondary N) is 1. The Bertz CT molecular complexity index is 1340. The van der Waals surface area contributed by atoms with E-state index in [-0.39, 0.29) is 11.8 Å². The Morgan fingerprint density at radius 1 is 1.03 bits per heavy atom. The number of halogens is 1. The van der Waals surface area contributed by atoms with Crippen molar-refractivity contribution in [2.45, 2.75) is 25.8 Å². The van der Waals surface area contributed by atoms with Gasteiger partial charge in [0.2, 0.25) is 5.91 Å². The molecule has 1 atom stereocenters. The summed E-state index contributed by atoms with van der Waals surface area (Å²) in [7, 11) is 0. The predicted octanol–water partition coefficient (Wildman–Crippen LogP) is 5.62. The number of hydrogen-bond donors (Lipinski definition) is 1. The molecule has 1 aliphatic heterocycles. The first-order chi connectivity index (χ1) is 18.1. The number of amides is 1. The first kappa shape index (κ1) is 25.5. The lowest BCUT2D eigenvalue weighted by Gasteiger charge is -2.26. The number of ether oxygens (including phenoxy) is 1. The second-order valence-electron chi connectivity index (χ2n) is 9.83. The van der Waals surface area contributed by atoms with Crippen LogP contribution < -0.4 is 5.32 Å². The number of rotatable bonds is 9. The third kappa shape index (κ3) is 6.42. The molecule has 37 heavy (non-hydrogen) atoms. The van der Waals surface area contributed by atoms with Gasteiger partial charge in [-0.05, 0) is 41.8 Å². The minimum Gasteiger partial charge on any atom is -0.379 e. The summed E-state index contributed by atoms with van der Waals surface area (Å²) in [5.74, 6) is -0.0557. The number of carbonyl (C=O) groups excluding carboxylic acids is 1. The Morgan fingerprint density at radius 3 is 2.59 bits per heavy atom. The highest BCUT2D eigenvalue weighted by Gasteiger charge is 2.23. The van der Waals surface area contributed by atoms with Crippen LogP contribution in [0.2, 0.25) is 5.02 Å². The van der Waals surface area contributed by atoms with E-state index in [2.05, 4.69) is 82.5 Å². The first-order valence-corrected chi connectivity index (χ1v) is 13.4. The lowest BCUT2D eigenvalue weighted by molar-refractivity contribution is -0.121. The molecular weight excluding hydrogens is 482 g/mol. The quantitative estimate of drug-likeness (QED) is 0.314. The fourth-order valence-corrected chi connectivity index (χ4v) is 5.34. The van der Waals surface area contributed by atoms with Crippen molar-refractivity contribution < 1.29 is 9.53 Å². The molecule has 0 aliphatic carbocycles. The minimum atomic E-state index is -0.105. The van der Waals surface area contributed by atoms with Gasteiger partial charge in [0.15, 0.2) is 0 Å². The summed E-state index contributed by atoms with van der Waals surface area (Å²) in [6, 6.07) is 25.0. The largest absolute Gasteiger partial charge is 0.379 e. The highest BCUT2D eigenvalue weighted by Crippen LogP contribution is 2.36. The molecule has 5 nitrogen and oxygen atoms in total. The average Bonchev–Trinajstić information content (AvgIpc) is 3.27. The molecule has 192 valence electrons. The number of aryl methyl sites for hydroxylation is 1. The number of nitrogens with zero attached hydrogens (tertiary/aromatic N) is 2. The number of carbonyl (C=O) groups is 1. The fraction of sp³-hybridized carbons (Fsp3) is 0.323. The van der Waals surface area contributed by atoms with Crippen LogP contribution in [0.4, 0.5) is 0 Å². The average molecular weight is 516 g/mol. The summed E-state index contributed by atoms with van der Waals surface area (Å²) in [5, 5.41) is 5.00. The summed E-state index contributed by atoms with van der Waals surface area (Å²) >= 11 is 6.40. The van der Waals surface area contributed by atoms with Crippen molar-refractivity contribution in [3.8, 4) is 0 Å². The Morgan fingerprint density at radius 2 is 1.81 bits per heavy atom. The van der Waals surface area contributed by atoms with Crippen LogP contribution in [0.1, 0.15) is 34.6 Å². The van der Waals surface area contributed by atoms with E-state index < -0.39 is 0 Å². The van der Waals surface area contributed by atoms with Crippen LogP contribution in [0, 0.1) is 6.92 Å². The van der Waals surface area contributed by atoms with Crippen LogP contribution >= 0.6 is 11.6 Å². The Hall–Kier alpha value is -3.12. The van der Waals surface area contributed by atoms with Crippen LogP contribution in [0.25, 0.3) is 10.9 Å². The summed E-state index contributed by atoms with van der Waals surface area (Å²) < 4.78 is 7.72. The normalized spacial score (nSPS) is 15.1. The Labute approximate surface area is 224 Å². The molecule has 0 radical (unpaired) electrons. The molecule has 2 heterocycles. The van der Waals surface area contributed by atoms with Crippen LogP contribution in [0.15, 0.2) is 79.0 Å². The number of fused-ring (bicyclic) bond motifs is 1. The molecule has 6 heteroatoms. The summed E-state index contributed by atoms with van der Waals surface area (Å²) in [5.41, 5.74) is 5.86. The maximum Gasteiger partial charge on any atom is 0.220 e. The second kappa shape index (κ2) is 12.0. The number of hydrogen-bond acceptors (Lipinski definition) is 3. The van der Waals surface area contributed by atoms with E-state index in [0.717, 1.165) is 56.0 Å². The summed E-state index contributed by atoms with van der Waals surface area (Å²) in [6.07, 6.45) is 2.58. The number of morpholine rings is 1. The molecule has 0 spiro atoms. The van der Waals surface area contributed by atoms with E-state index in [1.54, 1.807) is 0 Å². The number of benzene rings is 3. The van der Waals surface area contributed by atoms with Crippen molar-refractivity contribution in [1.82, 2.24) is 14.8 Å². The van der Waals surface area contributed by atoms with Gasteiger partial charge in [0.1, 0.15) is 0 Å². The summed E-state index contributed by atoms with van der Waals surface area (Å²) in [4.78, 5) is 15.5. The van der Waals surface area contributed by atoms with E-state index >= 15 is 0 Å². The molecule has 1 unspecified atom stereocenters. The molecule has 1 saturated heterocycles. The minimum absolute atomic E-state index is 0.0496. The molecule has 4 aromatic rings. The van der Waals surface area contributed by atoms with Crippen molar-refractivity contribution >= 4 is 28.4 Å². The topological polar surface area (TPSA) is 46.5 Å². The van der Waals surface area contributed by atoms with Gasteiger partial charge in [-0.3, -0.25) is 9.69 Å². The molecule has 0 saturated carbocycles. The molecule has 1 amide bonds. The first-order valence-electron chi connectivity index (χ1n) is 13.0. The van der Waals surface area contributed by atoms with Crippen molar-refractivity contribution in [3.63, 3.8) is 0 Å². The SMILES string of the molecule is Cc1ccc(Cn2cc(C(CC(=O)NCCN3CCOCC3)c3cccc(Cl)c3)c3ccccc32)cc1. The zero-order valence-corrected chi connectivity index (χ0v) is 22.1. The van der Waals surface area contributed by atoms with Crippen LogP contribution in [0.5, 0.6) is 0 Å². The van der Waals surface area contributed by atoms with Gasteiger partial charge < -0.3 is 14.6 Å². The van der Waals surface area contributed by atoms with Crippen LogP contribution in [0.3, 0.4) is 0 Å². The molecule has 1 aromatic heterocycles. The Kier molecular flexibility index (Phi) is 8.24. The monoisotopic (exact) mass is 515 g/mol. The van der Waals surface area contributed by atoms with E-state index in [1.165, 1.54) is 16.5 Å². The third-order valence-electron chi connectivity index (χ3n) is 7.16. The van der Waals surface area contributed by atoms with Gasteiger partial charge in [0.25, 0.3) is 0 Å². The molecule has 3 aromatic carbocycles. The second-order valence-corrected chi connectivity index (χ2v) is 10.3. The van der Waals surface area contributed by atoms with E-state index in [0.29, 0.717) is 18.0 Å². The predicted molar refractivity (Wildman–Crippen MR) is 150 cm³/mol. The molecule has 1 fully saturated rings. The van der Waals surface area contributed by atoms with Gasteiger partial charge in [-0.25, -0.2) is 0 Å². The van der Waals surface area contributed by atoms with Crippen molar-refractivity contribution in [2.24, 2.45) is 0 Å². The molecule has 1 N–H and O–H groups in total. The molecule has 5 rings (SSSR count). The smallest absolute Gasteiger partial charge is 0.220 e. The number of aromatic nitrogens is 1. The molecule has 0 bridgehead atoms. The van der Waals surface area contributed by atoms with Gasteiger partial charge in [-0.2, -0.15) is 0 Å². The van der Waals surface area contributed by atoms with Gasteiger partial charge in [-0.15, -0.1) is 0 Å². The lowest BCUT2D eigenvalue weighted by Crippen LogP contribution is -2.41. The third-order valence-corrected chi connectivity index (χ3v) is 7.40. The zero-order chi connectivity index (χ0) is 25.6. The Balaban J connectivity index is 1.41. The zero-order valence-electron chi connectivity index (χ0n) is 21.3. The summed E-state index contributed by atoms with van der Waals surface area (Å²) in [6.45, 7) is 7.71. The molecule has 1 aliphatic rings. The maximum absolute atomic E-state index is 13.2. The van der Waals surface area contributed by atoms with Crippen molar-refractivity contribution in [2.75, 3.05) is 39.4 Å². The van der Waals surface area contributed by atoms with Crippen molar-refractivity contribution in [3.05, 3.63) is 106 Å².